The van der Waals surface area contributed by atoms with Gasteiger partial charge in [-0.15, -0.1) is 5.10 Å². The van der Waals surface area contributed by atoms with Crippen molar-refractivity contribution in [2.24, 2.45) is 0 Å². The lowest BCUT2D eigenvalue weighted by Crippen LogP contribution is -2.27. The SMILES string of the molecule is O=C(OC1CCCCC1)On1cccn1. The highest BCUT2D eigenvalue weighted by atomic mass is 16.8. The summed E-state index contributed by atoms with van der Waals surface area (Å²) in [4.78, 5) is 17.2. The van der Waals surface area contributed by atoms with Crippen molar-refractivity contribution in [1.82, 2.24) is 9.94 Å². The first-order chi connectivity index (χ1) is 7.34. The van der Waals surface area contributed by atoms with Crippen molar-refractivity contribution in [2.45, 2.75) is 38.2 Å². The Kier molecular flexibility index (Phi) is 3.22. The number of rotatable bonds is 2. The molecule has 0 atom stereocenters. The van der Waals surface area contributed by atoms with Crippen LogP contribution >= 0.6 is 0 Å². The van der Waals surface area contributed by atoms with E-state index in [1.54, 1.807) is 12.3 Å². The van der Waals surface area contributed by atoms with Crippen LogP contribution < -0.4 is 4.84 Å². The summed E-state index contributed by atoms with van der Waals surface area (Å²) in [5.74, 6) is 0. The first-order valence-electron chi connectivity index (χ1n) is 5.23. The highest BCUT2D eigenvalue weighted by Gasteiger charge is 2.19. The standard InChI is InChI=1S/C10H14N2O3/c13-10(15-12-8-4-7-11-12)14-9-5-2-1-3-6-9/h4,7-9H,1-3,5-6H2. The molecule has 0 bridgehead atoms. The van der Waals surface area contributed by atoms with E-state index in [4.69, 9.17) is 9.57 Å². The molecule has 1 aliphatic carbocycles. The second kappa shape index (κ2) is 4.82. The molecule has 5 nitrogen and oxygen atoms in total. The van der Waals surface area contributed by atoms with Crippen LogP contribution in [0.3, 0.4) is 0 Å². The molecular weight excluding hydrogens is 196 g/mol. The molecular formula is C10H14N2O3. The van der Waals surface area contributed by atoms with Crippen molar-refractivity contribution < 1.29 is 14.4 Å². The van der Waals surface area contributed by atoms with Crippen LogP contribution in [0, 0.1) is 0 Å². The molecule has 2 rings (SSSR count). The van der Waals surface area contributed by atoms with Crippen LogP contribution in [0.5, 0.6) is 0 Å². The molecule has 82 valence electrons. The van der Waals surface area contributed by atoms with Gasteiger partial charge in [-0.1, -0.05) is 11.3 Å². The summed E-state index contributed by atoms with van der Waals surface area (Å²) in [7, 11) is 0. The first kappa shape index (κ1) is 10.0. The average molecular weight is 210 g/mol. The van der Waals surface area contributed by atoms with Crippen LogP contribution in [0.1, 0.15) is 32.1 Å². The van der Waals surface area contributed by atoms with Gasteiger partial charge in [0.15, 0.2) is 0 Å². The van der Waals surface area contributed by atoms with Crippen molar-refractivity contribution in [1.29, 1.82) is 0 Å². The van der Waals surface area contributed by atoms with Gasteiger partial charge in [-0.25, -0.2) is 4.79 Å². The number of carbonyl (C=O) groups is 1. The zero-order chi connectivity index (χ0) is 10.5. The van der Waals surface area contributed by atoms with Crippen LogP contribution in [0.15, 0.2) is 18.5 Å². The van der Waals surface area contributed by atoms with E-state index in [9.17, 15) is 4.79 Å². The summed E-state index contributed by atoms with van der Waals surface area (Å²) in [6.07, 6.45) is 7.78. The molecule has 0 radical (unpaired) electrons. The molecule has 15 heavy (non-hydrogen) atoms. The fraction of sp³-hybridized carbons (Fsp3) is 0.600. The minimum atomic E-state index is -0.675. The van der Waals surface area contributed by atoms with Crippen LogP contribution in [-0.4, -0.2) is 22.2 Å². The van der Waals surface area contributed by atoms with E-state index in [1.807, 2.05) is 0 Å². The lowest BCUT2D eigenvalue weighted by atomic mass is 9.98. The van der Waals surface area contributed by atoms with Gasteiger partial charge in [0, 0.05) is 0 Å². The van der Waals surface area contributed by atoms with Gasteiger partial charge in [0.25, 0.3) is 0 Å². The second-order valence-corrected chi connectivity index (χ2v) is 3.63. The lowest BCUT2D eigenvalue weighted by molar-refractivity contribution is -0.000362. The molecule has 1 heterocycles. The third-order valence-corrected chi connectivity index (χ3v) is 2.46. The Morgan fingerprint density at radius 2 is 2.13 bits per heavy atom. The summed E-state index contributed by atoms with van der Waals surface area (Å²) >= 11 is 0. The second-order valence-electron chi connectivity index (χ2n) is 3.63. The molecule has 1 saturated carbocycles. The zero-order valence-electron chi connectivity index (χ0n) is 8.46. The Hall–Kier alpha value is -1.52. The number of nitrogens with zero attached hydrogens (tertiary/aromatic N) is 2. The number of hydrogen-bond acceptors (Lipinski definition) is 4. The van der Waals surface area contributed by atoms with Gasteiger partial charge < -0.3 is 4.74 Å². The van der Waals surface area contributed by atoms with E-state index in [2.05, 4.69) is 5.10 Å². The maximum atomic E-state index is 11.3. The fourth-order valence-corrected chi connectivity index (χ4v) is 1.73. The molecule has 0 amide bonds. The Morgan fingerprint density at radius 1 is 1.33 bits per heavy atom. The maximum Gasteiger partial charge on any atom is 0.535 e. The molecule has 1 aromatic rings. The van der Waals surface area contributed by atoms with Gasteiger partial charge in [0.1, 0.15) is 6.10 Å². The molecule has 1 aliphatic rings. The first-order valence-corrected chi connectivity index (χ1v) is 5.23. The van der Waals surface area contributed by atoms with Crippen molar-refractivity contribution in [3.63, 3.8) is 0 Å². The third-order valence-electron chi connectivity index (χ3n) is 2.46. The minimum absolute atomic E-state index is 0.0156. The van der Waals surface area contributed by atoms with Gasteiger partial charge in [-0.2, -0.15) is 0 Å². The Morgan fingerprint density at radius 3 is 2.80 bits per heavy atom. The van der Waals surface area contributed by atoms with Crippen molar-refractivity contribution in [3.8, 4) is 0 Å². The molecule has 1 fully saturated rings. The molecule has 0 aliphatic heterocycles. The van der Waals surface area contributed by atoms with Crippen molar-refractivity contribution in [2.75, 3.05) is 0 Å². The Balaban J connectivity index is 1.76. The van der Waals surface area contributed by atoms with Crippen LogP contribution in [-0.2, 0) is 4.74 Å². The van der Waals surface area contributed by atoms with Crippen molar-refractivity contribution >= 4 is 6.16 Å². The smallest absolute Gasteiger partial charge is 0.429 e. The average Bonchev–Trinajstić information content (AvgIpc) is 2.71. The van der Waals surface area contributed by atoms with E-state index in [1.165, 1.54) is 12.6 Å². The predicted molar refractivity (Wildman–Crippen MR) is 52.2 cm³/mol. The van der Waals surface area contributed by atoms with Gasteiger partial charge in [-0.3, -0.25) is 4.84 Å². The molecule has 0 unspecified atom stereocenters. The Bertz CT molecular complexity index is 304. The molecule has 0 spiro atoms. The molecule has 0 aromatic carbocycles. The maximum absolute atomic E-state index is 11.3. The zero-order valence-corrected chi connectivity index (χ0v) is 8.46. The van der Waals surface area contributed by atoms with Gasteiger partial charge in [0.2, 0.25) is 0 Å². The van der Waals surface area contributed by atoms with Gasteiger partial charge in [-0.05, 0) is 31.7 Å². The summed E-state index contributed by atoms with van der Waals surface area (Å²) in [5, 5.41) is 3.74. The number of carbonyl (C=O) groups excluding carboxylic acids is 1. The van der Waals surface area contributed by atoms with E-state index in [0.29, 0.717) is 0 Å². The highest BCUT2D eigenvalue weighted by molar-refractivity contribution is 5.60. The van der Waals surface area contributed by atoms with E-state index < -0.39 is 6.16 Å². The Labute approximate surface area is 87.9 Å². The topological polar surface area (TPSA) is 53.4 Å². The largest absolute Gasteiger partial charge is 0.535 e. The molecule has 1 aromatic heterocycles. The monoisotopic (exact) mass is 210 g/mol. The summed E-state index contributed by atoms with van der Waals surface area (Å²) < 4.78 is 5.14. The minimum Gasteiger partial charge on any atom is -0.429 e. The summed E-state index contributed by atoms with van der Waals surface area (Å²) in [6.45, 7) is 0. The van der Waals surface area contributed by atoms with E-state index >= 15 is 0 Å². The van der Waals surface area contributed by atoms with Crippen LogP contribution in [0.2, 0.25) is 0 Å². The molecule has 0 N–H and O–H groups in total. The number of ether oxygens (including phenoxy) is 1. The van der Waals surface area contributed by atoms with E-state index in [-0.39, 0.29) is 6.10 Å². The third kappa shape index (κ3) is 2.97. The van der Waals surface area contributed by atoms with Crippen LogP contribution in [0.25, 0.3) is 0 Å². The van der Waals surface area contributed by atoms with Crippen LogP contribution in [0.4, 0.5) is 4.79 Å². The summed E-state index contributed by atoms with van der Waals surface area (Å²) in [5.41, 5.74) is 0. The molecule has 5 heteroatoms. The van der Waals surface area contributed by atoms with Gasteiger partial charge in [0.05, 0.1) is 12.4 Å². The predicted octanol–water partition coefficient (Wildman–Crippen LogP) is 1.78. The number of hydrogen-bond donors (Lipinski definition) is 0. The lowest BCUT2D eigenvalue weighted by Gasteiger charge is -2.20. The summed E-state index contributed by atoms with van der Waals surface area (Å²) in [6, 6.07) is 1.67. The normalized spacial score (nSPS) is 17.3. The fourth-order valence-electron chi connectivity index (χ4n) is 1.73. The quantitative estimate of drug-likeness (QED) is 0.698. The van der Waals surface area contributed by atoms with E-state index in [0.717, 1.165) is 30.5 Å². The van der Waals surface area contributed by atoms with Crippen molar-refractivity contribution in [3.05, 3.63) is 18.5 Å². The highest BCUT2D eigenvalue weighted by Crippen LogP contribution is 2.20. The number of aromatic nitrogens is 2. The van der Waals surface area contributed by atoms with Gasteiger partial charge >= 0.3 is 6.16 Å². The molecule has 0 saturated heterocycles.